The first-order valence-electron chi connectivity index (χ1n) is 9.95. The normalized spacial score (nSPS) is 19.5. The number of ether oxygens (including phenoxy) is 3. The van der Waals surface area contributed by atoms with Crippen LogP contribution in [0.25, 0.3) is 6.08 Å². The van der Waals surface area contributed by atoms with Gasteiger partial charge in [-0.05, 0) is 55.0 Å². The summed E-state index contributed by atoms with van der Waals surface area (Å²) >= 11 is 0. The van der Waals surface area contributed by atoms with Crippen LogP contribution in [0.4, 0.5) is 0 Å². The molecular weight excluding hydrogens is 368 g/mol. The van der Waals surface area contributed by atoms with Gasteiger partial charge in [0.2, 0.25) is 5.78 Å². The summed E-state index contributed by atoms with van der Waals surface area (Å²) < 4.78 is 16.7. The van der Waals surface area contributed by atoms with Crippen LogP contribution in [0.1, 0.15) is 59.7 Å². The highest BCUT2D eigenvalue weighted by atomic mass is 16.6. The maximum absolute atomic E-state index is 12.8. The lowest BCUT2D eigenvalue weighted by atomic mass is 10.0. The largest absolute Gasteiger partial charge is 0.452 e. The summed E-state index contributed by atoms with van der Waals surface area (Å²) in [6.45, 7) is 6.64. The van der Waals surface area contributed by atoms with E-state index >= 15 is 0 Å². The first-order valence-corrected chi connectivity index (χ1v) is 9.95. The second-order valence-corrected chi connectivity index (χ2v) is 7.75. The molecule has 0 N–H and O–H groups in total. The van der Waals surface area contributed by atoms with E-state index in [1.54, 1.807) is 25.1 Å². The minimum atomic E-state index is -0.519. The zero-order valence-corrected chi connectivity index (χ0v) is 16.9. The van der Waals surface area contributed by atoms with E-state index in [0.29, 0.717) is 41.6 Å². The van der Waals surface area contributed by atoms with Gasteiger partial charge in [-0.1, -0.05) is 38.1 Å². The highest BCUT2D eigenvalue weighted by molar-refractivity contribution is 6.15. The molecule has 2 aromatic rings. The second-order valence-electron chi connectivity index (χ2n) is 7.75. The predicted molar refractivity (Wildman–Crippen MR) is 109 cm³/mol. The predicted octanol–water partition coefficient (Wildman–Crippen LogP) is 4.82. The molecule has 0 aliphatic carbocycles. The molecule has 2 aliphatic heterocycles. The Hall–Kier alpha value is -2.92. The van der Waals surface area contributed by atoms with Crippen molar-refractivity contribution in [3.8, 4) is 11.5 Å². The molecule has 2 aromatic carbocycles. The molecule has 1 atom stereocenters. The first-order chi connectivity index (χ1) is 13.9. The van der Waals surface area contributed by atoms with Gasteiger partial charge in [0.1, 0.15) is 11.5 Å². The van der Waals surface area contributed by atoms with E-state index in [2.05, 4.69) is 26.0 Å². The minimum absolute atomic E-state index is 0.173. The Bertz CT molecular complexity index is 979. The summed E-state index contributed by atoms with van der Waals surface area (Å²) in [7, 11) is 0. The summed E-state index contributed by atoms with van der Waals surface area (Å²) in [6, 6.07) is 11.3. The zero-order chi connectivity index (χ0) is 20.5. The Balaban J connectivity index is 1.56. The van der Waals surface area contributed by atoms with Crippen molar-refractivity contribution >= 4 is 17.8 Å². The standard InChI is InChI=1S/C24H24O5/c1-14(2)17-8-6-16(7-9-17)13-21-22(25)18-10-11-19(15(3)23(18)28-21)29-24(26)20-5-4-12-27-20/h6-11,13-14,20H,4-5,12H2,1-3H3/b21-13-. The topological polar surface area (TPSA) is 61.8 Å². The van der Waals surface area contributed by atoms with Crippen LogP contribution in [-0.4, -0.2) is 24.5 Å². The van der Waals surface area contributed by atoms with Gasteiger partial charge >= 0.3 is 5.97 Å². The van der Waals surface area contributed by atoms with E-state index in [0.717, 1.165) is 12.0 Å². The summed E-state index contributed by atoms with van der Waals surface area (Å²) in [5, 5.41) is 0. The van der Waals surface area contributed by atoms with Crippen molar-refractivity contribution in [2.75, 3.05) is 6.61 Å². The highest BCUT2D eigenvalue weighted by Gasteiger charge is 2.32. The lowest BCUT2D eigenvalue weighted by Crippen LogP contribution is -2.25. The fraction of sp³-hybridized carbons (Fsp3) is 0.333. The quantitative estimate of drug-likeness (QED) is 0.424. The molecule has 4 rings (SSSR count). The van der Waals surface area contributed by atoms with Crippen molar-refractivity contribution in [1.29, 1.82) is 0 Å². The van der Waals surface area contributed by atoms with Gasteiger partial charge in [-0.3, -0.25) is 4.79 Å². The monoisotopic (exact) mass is 392 g/mol. The average molecular weight is 392 g/mol. The van der Waals surface area contributed by atoms with Crippen LogP contribution in [0, 0.1) is 6.92 Å². The molecule has 0 radical (unpaired) electrons. The smallest absolute Gasteiger partial charge is 0.340 e. The SMILES string of the molecule is Cc1c(OC(=O)C2CCCO2)ccc2c1O/C(=C\c1ccc(C(C)C)cc1)C2=O. The fourth-order valence-electron chi connectivity index (χ4n) is 3.54. The molecule has 0 amide bonds. The number of ketones is 1. The van der Waals surface area contributed by atoms with E-state index in [1.807, 2.05) is 12.1 Å². The third-order valence-electron chi connectivity index (χ3n) is 5.34. The fourth-order valence-corrected chi connectivity index (χ4v) is 3.54. The van der Waals surface area contributed by atoms with Crippen LogP contribution in [0.5, 0.6) is 11.5 Å². The third-order valence-corrected chi connectivity index (χ3v) is 5.34. The molecule has 5 heteroatoms. The number of hydrogen-bond donors (Lipinski definition) is 0. The summed E-state index contributed by atoms with van der Waals surface area (Å²) in [6.07, 6.45) is 2.74. The molecule has 1 saturated heterocycles. The van der Waals surface area contributed by atoms with Crippen molar-refractivity contribution in [1.82, 2.24) is 0 Å². The van der Waals surface area contributed by atoms with E-state index in [4.69, 9.17) is 14.2 Å². The molecule has 0 aromatic heterocycles. The second kappa shape index (κ2) is 7.84. The van der Waals surface area contributed by atoms with Crippen LogP contribution >= 0.6 is 0 Å². The number of esters is 1. The molecule has 2 heterocycles. The van der Waals surface area contributed by atoms with Crippen molar-refractivity contribution < 1.29 is 23.8 Å². The molecule has 1 fully saturated rings. The lowest BCUT2D eigenvalue weighted by molar-refractivity contribution is -0.144. The Kier molecular flexibility index (Phi) is 5.24. The van der Waals surface area contributed by atoms with Gasteiger partial charge in [-0.2, -0.15) is 0 Å². The molecule has 0 saturated carbocycles. The maximum atomic E-state index is 12.8. The van der Waals surface area contributed by atoms with Crippen LogP contribution in [0.15, 0.2) is 42.2 Å². The van der Waals surface area contributed by atoms with Crippen molar-refractivity contribution in [3.05, 3.63) is 64.4 Å². The van der Waals surface area contributed by atoms with Gasteiger partial charge in [0, 0.05) is 12.2 Å². The molecule has 2 aliphatic rings. The number of hydrogen-bond acceptors (Lipinski definition) is 5. The van der Waals surface area contributed by atoms with Crippen LogP contribution in [0.2, 0.25) is 0 Å². The Labute approximate surface area is 170 Å². The van der Waals surface area contributed by atoms with Gasteiger partial charge in [0.15, 0.2) is 11.9 Å². The first kappa shape index (κ1) is 19.4. The van der Waals surface area contributed by atoms with Gasteiger partial charge in [-0.25, -0.2) is 4.79 Å². The number of benzene rings is 2. The number of allylic oxidation sites excluding steroid dienone is 1. The molecule has 29 heavy (non-hydrogen) atoms. The van der Waals surface area contributed by atoms with Gasteiger partial charge < -0.3 is 14.2 Å². The Morgan fingerprint density at radius 1 is 1.17 bits per heavy atom. The molecule has 150 valence electrons. The molecule has 0 spiro atoms. The number of rotatable bonds is 4. The Morgan fingerprint density at radius 2 is 1.93 bits per heavy atom. The maximum Gasteiger partial charge on any atom is 0.340 e. The number of carbonyl (C=O) groups excluding carboxylic acids is 2. The molecule has 5 nitrogen and oxygen atoms in total. The van der Waals surface area contributed by atoms with Crippen LogP contribution in [0.3, 0.4) is 0 Å². The van der Waals surface area contributed by atoms with Gasteiger partial charge in [0.05, 0.1) is 5.56 Å². The van der Waals surface area contributed by atoms with Crippen LogP contribution in [-0.2, 0) is 9.53 Å². The highest BCUT2D eigenvalue weighted by Crippen LogP contribution is 2.39. The van der Waals surface area contributed by atoms with Crippen molar-refractivity contribution in [2.45, 2.75) is 45.6 Å². The minimum Gasteiger partial charge on any atom is -0.452 e. The van der Waals surface area contributed by atoms with E-state index in [9.17, 15) is 9.59 Å². The number of Topliss-reactive ketones (excluding diaryl/α,β-unsaturated/α-hetero) is 1. The summed E-state index contributed by atoms with van der Waals surface area (Å²) in [5.74, 6) is 0.966. The number of carbonyl (C=O) groups is 2. The summed E-state index contributed by atoms with van der Waals surface area (Å²) in [5.41, 5.74) is 3.24. The summed E-state index contributed by atoms with van der Waals surface area (Å²) in [4.78, 5) is 25.0. The molecule has 0 bridgehead atoms. The average Bonchev–Trinajstić information content (AvgIpc) is 3.34. The molecular formula is C24H24O5. The Morgan fingerprint density at radius 3 is 2.59 bits per heavy atom. The van der Waals surface area contributed by atoms with Crippen molar-refractivity contribution in [2.24, 2.45) is 0 Å². The third kappa shape index (κ3) is 3.83. The van der Waals surface area contributed by atoms with E-state index < -0.39 is 12.1 Å². The van der Waals surface area contributed by atoms with E-state index in [1.165, 1.54) is 5.56 Å². The van der Waals surface area contributed by atoms with Gasteiger partial charge in [0.25, 0.3) is 0 Å². The van der Waals surface area contributed by atoms with E-state index in [-0.39, 0.29) is 11.5 Å². The van der Waals surface area contributed by atoms with Crippen LogP contribution < -0.4 is 9.47 Å². The lowest BCUT2D eigenvalue weighted by Gasteiger charge is -2.12. The van der Waals surface area contributed by atoms with Crippen molar-refractivity contribution in [3.63, 3.8) is 0 Å². The number of fused-ring (bicyclic) bond motifs is 1. The zero-order valence-electron chi connectivity index (χ0n) is 16.9. The van der Waals surface area contributed by atoms with Gasteiger partial charge in [-0.15, -0.1) is 0 Å². The molecule has 1 unspecified atom stereocenters.